The number of hydrogen-bond acceptors (Lipinski definition) is 4. The summed E-state index contributed by atoms with van der Waals surface area (Å²) in [4.78, 5) is 37.2. The van der Waals surface area contributed by atoms with Gasteiger partial charge in [-0.05, 0) is 41.0 Å². The van der Waals surface area contributed by atoms with Crippen LogP contribution in [0.4, 0.5) is 4.79 Å². The number of nitrogens with zero attached hydrogens (tertiary/aromatic N) is 1. The largest absolute Gasteiger partial charge is 0.480 e. The molecular formula is C26H30N2O5. The molecular weight excluding hydrogens is 420 g/mol. The monoisotopic (exact) mass is 450 g/mol. The zero-order chi connectivity index (χ0) is 23.4. The number of hydrogen-bond donors (Lipinski definition) is 2. The second-order valence-corrected chi connectivity index (χ2v) is 8.97. The normalized spacial score (nSPS) is 19.3. The Morgan fingerprint density at radius 2 is 1.61 bits per heavy atom. The highest BCUT2D eigenvalue weighted by Gasteiger charge is 2.32. The molecule has 1 fully saturated rings. The number of carboxylic acids is 1. The highest BCUT2D eigenvalue weighted by Crippen LogP contribution is 2.44. The minimum atomic E-state index is -1.04. The van der Waals surface area contributed by atoms with Gasteiger partial charge in [-0.25, -0.2) is 4.79 Å². The summed E-state index contributed by atoms with van der Waals surface area (Å²) in [6.07, 6.45) is 3.32. The standard InChI is InChI=1S/C26H30N2O5/c1-28(15-25(30)31)24(29)14-17-8-2-7-13-23(17)27-26(32)33-16-22-20-11-5-3-9-18(20)19-10-4-6-12-21(19)22/h3-6,9-12,17,22-23H,2,7-8,13-16H2,1H3,(H,27,32)(H,30,31). The van der Waals surface area contributed by atoms with Crippen molar-refractivity contribution in [2.24, 2.45) is 5.92 Å². The van der Waals surface area contributed by atoms with Gasteiger partial charge in [-0.3, -0.25) is 9.59 Å². The predicted molar refractivity (Wildman–Crippen MR) is 124 cm³/mol. The average molecular weight is 451 g/mol. The first-order chi connectivity index (χ1) is 15.9. The van der Waals surface area contributed by atoms with Gasteiger partial charge >= 0.3 is 12.1 Å². The van der Waals surface area contributed by atoms with Gasteiger partial charge in [0.05, 0.1) is 0 Å². The maximum atomic E-state index is 12.7. The van der Waals surface area contributed by atoms with Crippen LogP contribution >= 0.6 is 0 Å². The van der Waals surface area contributed by atoms with Crippen LogP contribution in [-0.4, -0.2) is 54.2 Å². The number of alkyl carbamates (subject to hydrolysis) is 1. The number of carboxylic acid groups (broad SMARTS) is 1. The molecule has 2 amide bonds. The van der Waals surface area contributed by atoms with Crippen LogP contribution in [0.2, 0.25) is 0 Å². The summed E-state index contributed by atoms with van der Waals surface area (Å²) in [6.45, 7) is -0.0758. The van der Waals surface area contributed by atoms with Gasteiger partial charge in [0.2, 0.25) is 5.91 Å². The fourth-order valence-corrected chi connectivity index (χ4v) is 5.10. The average Bonchev–Trinajstić information content (AvgIpc) is 3.12. The molecule has 7 nitrogen and oxygen atoms in total. The third-order valence-electron chi connectivity index (χ3n) is 6.79. The summed E-state index contributed by atoms with van der Waals surface area (Å²) in [5.41, 5.74) is 4.68. The van der Waals surface area contributed by atoms with Crippen molar-refractivity contribution in [1.29, 1.82) is 0 Å². The van der Waals surface area contributed by atoms with Crippen molar-refractivity contribution in [2.45, 2.75) is 44.1 Å². The van der Waals surface area contributed by atoms with E-state index in [0.29, 0.717) is 0 Å². The van der Waals surface area contributed by atoms with Crippen LogP contribution < -0.4 is 5.32 Å². The zero-order valence-electron chi connectivity index (χ0n) is 18.8. The van der Waals surface area contributed by atoms with Gasteiger partial charge < -0.3 is 20.1 Å². The lowest BCUT2D eigenvalue weighted by atomic mass is 9.82. The number of ether oxygens (including phenoxy) is 1. The van der Waals surface area contributed by atoms with Crippen molar-refractivity contribution in [3.05, 3.63) is 59.7 Å². The summed E-state index contributed by atoms with van der Waals surface area (Å²) in [6, 6.07) is 16.2. The molecule has 2 unspecified atom stereocenters. The molecule has 0 saturated heterocycles. The molecule has 2 N–H and O–H groups in total. The number of rotatable bonds is 7. The minimum Gasteiger partial charge on any atom is -0.480 e. The van der Waals surface area contributed by atoms with Crippen LogP contribution in [0.25, 0.3) is 11.1 Å². The molecule has 174 valence electrons. The highest BCUT2D eigenvalue weighted by molar-refractivity contribution is 5.81. The van der Waals surface area contributed by atoms with Crippen molar-refractivity contribution in [3.63, 3.8) is 0 Å². The molecule has 2 aromatic rings. The number of fused-ring (bicyclic) bond motifs is 3. The number of nitrogens with one attached hydrogen (secondary N) is 1. The van der Waals surface area contributed by atoms with Crippen LogP contribution in [-0.2, 0) is 14.3 Å². The van der Waals surface area contributed by atoms with E-state index in [1.54, 1.807) is 0 Å². The molecule has 0 aliphatic heterocycles. The van der Waals surface area contributed by atoms with E-state index >= 15 is 0 Å². The first-order valence-corrected chi connectivity index (χ1v) is 11.5. The smallest absolute Gasteiger partial charge is 0.407 e. The molecule has 0 spiro atoms. The lowest BCUT2D eigenvalue weighted by Gasteiger charge is -2.32. The summed E-state index contributed by atoms with van der Waals surface area (Å²) in [5, 5.41) is 11.9. The second kappa shape index (κ2) is 10.1. The SMILES string of the molecule is CN(CC(=O)O)C(=O)CC1CCCCC1NC(=O)OCC1c2ccccc2-c2ccccc21. The fourth-order valence-electron chi connectivity index (χ4n) is 5.10. The summed E-state index contributed by atoms with van der Waals surface area (Å²) in [7, 11) is 1.49. The van der Waals surface area contributed by atoms with E-state index in [1.165, 1.54) is 23.1 Å². The summed E-state index contributed by atoms with van der Waals surface area (Å²) < 4.78 is 5.67. The third-order valence-corrected chi connectivity index (χ3v) is 6.79. The van der Waals surface area contributed by atoms with Crippen molar-refractivity contribution in [3.8, 4) is 11.1 Å². The van der Waals surface area contributed by atoms with Gasteiger partial charge in [0.25, 0.3) is 0 Å². The molecule has 0 bridgehead atoms. The Morgan fingerprint density at radius 1 is 1.00 bits per heavy atom. The summed E-state index contributed by atoms with van der Waals surface area (Å²) >= 11 is 0. The molecule has 2 aliphatic rings. The second-order valence-electron chi connectivity index (χ2n) is 8.97. The van der Waals surface area contributed by atoms with E-state index in [-0.39, 0.29) is 43.4 Å². The third kappa shape index (κ3) is 5.18. The van der Waals surface area contributed by atoms with Crippen LogP contribution in [0.15, 0.2) is 48.5 Å². The van der Waals surface area contributed by atoms with Crippen LogP contribution in [0.5, 0.6) is 0 Å². The van der Waals surface area contributed by atoms with Gasteiger partial charge in [0, 0.05) is 25.4 Å². The quantitative estimate of drug-likeness (QED) is 0.664. The van der Waals surface area contributed by atoms with Crippen LogP contribution in [0, 0.1) is 5.92 Å². The van der Waals surface area contributed by atoms with E-state index in [0.717, 1.165) is 36.8 Å². The van der Waals surface area contributed by atoms with Crippen molar-refractivity contribution in [1.82, 2.24) is 10.2 Å². The topological polar surface area (TPSA) is 95.9 Å². The van der Waals surface area contributed by atoms with Gasteiger partial charge in [-0.15, -0.1) is 0 Å². The number of carbonyl (C=O) groups excluding carboxylic acids is 2. The minimum absolute atomic E-state index is 0.00320. The zero-order valence-corrected chi connectivity index (χ0v) is 18.8. The van der Waals surface area contributed by atoms with Crippen molar-refractivity contribution < 1.29 is 24.2 Å². The number of likely N-dealkylation sites (N-methyl/N-ethyl adjacent to an activating group) is 1. The number of aliphatic carboxylic acids is 1. The lowest BCUT2D eigenvalue weighted by Crippen LogP contribution is -2.44. The van der Waals surface area contributed by atoms with E-state index in [4.69, 9.17) is 9.84 Å². The lowest BCUT2D eigenvalue weighted by molar-refractivity contribution is -0.144. The molecule has 2 atom stereocenters. The molecule has 4 rings (SSSR count). The maximum Gasteiger partial charge on any atom is 0.407 e. The molecule has 33 heavy (non-hydrogen) atoms. The van der Waals surface area contributed by atoms with Crippen molar-refractivity contribution >= 4 is 18.0 Å². The van der Waals surface area contributed by atoms with Crippen LogP contribution in [0.3, 0.4) is 0 Å². The van der Waals surface area contributed by atoms with Crippen molar-refractivity contribution in [2.75, 3.05) is 20.2 Å². The maximum absolute atomic E-state index is 12.7. The molecule has 0 heterocycles. The highest BCUT2D eigenvalue weighted by atomic mass is 16.5. The van der Waals surface area contributed by atoms with E-state index in [9.17, 15) is 14.4 Å². The van der Waals surface area contributed by atoms with Crippen LogP contribution in [0.1, 0.15) is 49.1 Å². The first-order valence-electron chi connectivity index (χ1n) is 11.5. The molecule has 0 aromatic heterocycles. The van der Waals surface area contributed by atoms with Gasteiger partial charge in [0.1, 0.15) is 13.2 Å². The molecule has 1 saturated carbocycles. The number of carbonyl (C=O) groups is 3. The van der Waals surface area contributed by atoms with Gasteiger partial charge in [-0.1, -0.05) is 61.4 Å². The van der Waals surface area contributed by atoms with E-state index < -0.39 is 12.1 Å². The molecule has 2 aliphatic carbocycles. The Balaban J connectivity index is 1.36. The fraction of sp³-hybridized carbons (Fsp3) is 0.423. The Labute approximate surface area is 193 Å². The molecule has 0 radical (unpaired) electrons. The summed E-state index contributed by atoms with van der Waals surface area (Å²) in [5.74, 6) is -1.29. The van der Waals surface area contributed by atoms with E-state index in [2.05, 4.69) is 29.6 Å². The number of benzene rings is 2. The van der Waals surface area contributed by atoms with E-state index in [1.807, 2.05) is 24.3 Å². The molecule has 7 heteroatoms. The van der Waals surface area contributed by atoms with Gasteiger partial charge in [0.15, 0.2) is 0 Å². The predicted octanol–water partition coefficient (Wildman–Crippen LogP) is 4.02. The number of amides is 2. The Kier molecular flexibility index (Phi) is 6.96. The Morgan fingerprint density at radius 3 is 2.24 bits per heavy atom. The first kappa shape index (κ1) is 22.8. The Bertz CT molecular complexity index is 991. The molecule has 2 aromatic carbocycles. The van der Waals surface area contributed by atoms with Gasteiger partial charge in [-0.2, -0.15) is 0 Å². The Hall–Kier alpha value is -3.35.